The number of nitrogens with zero attached hydrogens (tertiary/aromatic N) is 3. The number of piperazine rings is 1. The maximum absolute atomic E-state index is 12.3. The number of hydrogen-bond acceptors (Lipinski definition) is 3. The maximum Gasteiger partial charge on any atom is 0.320 e. The molecule has 0 radical (unpaired) electrons. The molecule has 1 saturated heterocycles. The van der Waals surface area contributed by atoms with Gasteiger partial charge in [-0.1, -0.05) is 12.2 Å². The highest BCUT2D eigenvalue weighted by Gasteiger charge is 2.24. The highest BCUT2D eigenvalue weighted by molar-refractivity contribution is 5.74. The summed E-state index contributed by atoms with van der Waals surface area (Å²) in [7, 11) is 0. The lowest BCUT2D eigenvalue weighted by atomic mass is 10.3. The topological polar surface area (TPSA) is 64.1 Å². The molecule has 1 aliphatic heterocycles. The smallest absolute Gasteiger partial charge is 0.320 e. The normalized spacial score (nSPS) is 16.0. The second-order valence-electron chi connectivity index (χ2n) is 5.23. The van der Waals surface area contributed by atoms with Gasteiger partial charge in [-0.2, -0.15) is 0 Å². The van der Waals surface area contributed by atoms with Gasteiger partial charge >= 0.3 is 12.0 Å². The standard InChI is InChI=1S/C14H25N3O3/c1-4-16(11-12(2)3)14(20)17-9-7-15(8-10-17)6-5-13(18)19/h2,4-11H2,1,3H3,(H,18,19). The van der Waals surface area contributed by atoms with Gasteiger partial charge in [0.05, 0.1) is 6.42 Å². The van der Waals surface area contributed by atoms with E-state index in [1.165, 1.54) is 0 Å². The Morgan fingerprint density at radius 2 is 1.85 bits per heavy atom. The molecule has 0 atom stereocenters. The lowest BCUT2D eigenvalue weighted by molar-refractivity contribution is -0.137. The molecule has 0 unspecified atom stereocenters. The van der Waals surface area contributed by atoms with Crippen molar-refractivity contribution in [3.8, 4) is 0 Å². The number of urea groups is 1. The zero-order valence-electron chi connectivity index (χ0n) is 12.5. The third-order valence-electron chi connectivity index (χ3n) is 3.40. The van der Waals surface area contributed by atoms with Gasteiger partial charge in [0.15, 0.2) is 0 Å². The molecule has 6 heteroatoms. The van der Waals surface area contributed by atoms with Crippen LogP contribution in [0.25, 0.3) is 0 Å². The molecule has 0 aromatic rings. The number of likely N-dealkylation sites (N-methyl/N-ethyl adjacent to an activating group) is 1. The van der Waals surface area contributed by atoms with Crippen LogP contribution < -0.4 is 0 Å². The number of carbonyl (C=O) groups excluding carboxylic acids is 1. The molecule has 0 aromatic carbocycles. The van der Waals surface area contributed by atoms with Crippen molar-refractivity contribution in [3.63, 3.8) is 0 Å². The molecule has 0 bridgehead atoms. The molecule has 1 rings (SSSR count). The first-order valence-electron chi connectivity index (χ1n) is 7.06. The molecule has 1 fully saturated rings. The SMILES string of the molecule is C=C(C)CN(CC)C(=O)N1CCN(CCC(=O)O)CC1. The average Bonchev–Trinajstić information content (AvgIpc) is 2.42. The van der Waals surface area contributed by atoms with Crippen molar-refractivity contribution >= 4 is 12.0 Å². The predicted molar refractivity (Wildman–Crippen MR) is 77.7 cm³/mol. The predicted octanol–water partition coefficient (Wildman–Crippen LogP) is 1.10. The summed E-state index contributed by atoms with van der Waals surface area (Å²) in [4.78, 5) is 28.6. The number of hydrogen-bond donors (Lipinski definition) is 1. The third kappa shape index (κ3) is 5.21. The van der Waals surface area contributed by atoms with E-state index >= 15 is 0 Å². The fourth-order valence-corrected chi connectivity index (χ4v) is 2.26. The van der Waals surface area contributed by atoms with Crippen molar-refractivity contribution in [3.05, 3.63) is 12.2 Å². The maximum atomic E-state index is 12.3. The Morgan fingerprint density at radius 1 is 1.25 bits per heavy atom. The van der Waals surface area contributed by atoms with Gasteiger partial charge in [-0.05, 0) is 13.8 Å². The van der Waals surface area contributed by atoms with E-state index in [4.69, 9.17) is 5.11 Å². The van der Waals surface area contributed by atoms with Crippen LogP contribution >= 0.6 is 0 Å². The van der Waals surface area contributed by atoms with Gasteiger partial charge in [0, 0.05) is 45.8 Å². The van der Waals surface area contributed by atoms with Gasteiger partial charge in [0.25, 0.3) is 0 Å². The first kappa shape index (κ1) is 16.5. The van der Waals surface area contributed by atoms with Crippen molar-refractivity contribution in [1.29, 1.82) is 0 Å². The Balaban J connectivity index is 2.41. The van der Waals surface area contributed by atoms with E-state index in [1.807, 2.05) is 18.7 Å². The van der Waals surface area contributed by atoms with Crippen LogP contribution in [0.2, 0.25) is 0 Å². The van der Waals surface area contributed by atoms with Gasteiger partial charge in [0.2, 0.25) is 0 Å². The first-order chi connectivity index (χ1) is 9.43. The van der Waals surface area contributed by atoms with Crippen molar-refractivity contribution in [1.82, 2.24) is 14.7 Å². The molecule has 1 aliphatic rings. The molecule has 6 nitrogen and oxygen atoms in total. The van der Waals surface area contributed by atoms with Crippen molar-refractivity contribution in [2.75, 3.05) is 45.8 Å². The molecule has 2 amide bonds. The summed E-state index contributed by atoms with van der Waals surface area (Å²) >= 11 is 0. The highest BCUT2D eigenvalue weighted by Crippen LogP contribution is 2.08. The fraction of sp³-hybridized carbons (Fsp3) is 0.714. The minimum Gasteiger partial charge on any atom is -0.481 e. The summed E-state index contributed by atoms with van der Waals surface area (Å²) in [6.45, 7) is 12.3. The number of rotatable bonds is 6. The quantitative estimate of drug-likeness (QED) is 0.741. The fourth-order valence-electron chi connectivity index (χ4n) is 2.26. The zero-order chi connectivity index (χ0) is 15.1. The van der Waals surface area contributed by atoms with Crippen LogP contribution in [0.1, 0.15) is 20.3 Å². The molecule has 1 heterocycles. The van der Waals surface area contributed by atoms with E-state index in [2.05, 4.69) is 11.5 Å². The first-order valence-corrected chi connectivity index (χ1v) is 7.06. The summed E-state index contributed by atoms with van der Waals surface area (Å²) in [6, 6.07) is 0.0494. The average molecular weight is 283 g/mol. The zero-order valence-corrected chi connectivity index (χ0v) is 12.5. The van der Waals surface area contributed by atoms with Crippen LogP contribution in [-0.2, 0) is 4.79 Å². The van der Waals surface area contributed by atoms with Crippen LogP contribution in [0.5, 0.6) is 0 Å². The Labute approximate surface area is 120 Å². The Hall–Kier alpha value is -1.56. The summed E-state index contributed by atoms with van der Waals surface area (Å²) in [5.41, 5.74) is 0.972. The lowest BCUT2D eigenvalue weighted by Gasteiger charge is -2.37. The summed E-state index contributed by atoms with van der Waals surface area (Å²) in [5, 5.41) is 8.67. The molecule has 20 heavy (non-hydrogen) atoms. The van der Waals surface area contributed by atoms with Crippen LogP contribution in [0.15, 0.2) is 12.2 Å². The largest absolute Gasteiger partial charge is 0.481 e. The molecule has 0 aliphatic carbocycles. The lowest BCUT2D eigenvalue weighted by Crippen LogP contribution is -2.53. The van der Waals surface area contributed by atoms with E-state index in [-0.39, 0.29) is 12.5 Å². The Kier molecular flexibility index (Phi) is 6.51. The van der Waals surface area contributed by atoms with Gasteiger partial charge in [-0.25, -0.2) is 4.79 Å². The van der Waals surface area contributed by atoms with Gasteiger partial charge < -0.3 is 14.9 Å². The molecular formula is C14H25N3O3. The molecule has 0 saturated carbocycles. The van der Waals surface area contributed by atoms with Crippen molar-refractivity contribution in [2.24, 2.45) is 0 Å². The summed E-state index contributed by atoms with van der Waals surface area (Å²) in [6.07, 6.45) is 0.157. The van der Waals surface area contributed by atoms with E-state index in [9.17, 15) is 9.59 Å². The van der Waals surface area contributed by atoms with E-state index in [0.717, 1.165) is 18.7 Å². The Morgan fingerprint density at radius 3 is 2.30 bits per heavy atom. The van der Waals surface area contributed by atoms with Crippen LogP contribution in [0, 0.1) is 0 Å². The van der Waals surface area contributed by atoms with Gasteiger partial charge in [-0.15, -0.1) is 0 Å². The van der Waals surface area contributed by atoms with E-state index in [0.29, 0.717) is 32.7 Å². The number of aliphatic carboxylic acids is 1. The van der Waals surface area contributed by atoms with Gasteiger partial charge in [0.1, 0.15) is 0 Å². The number of carboxylic acid groups (broad SMARTS) is 1. The molecule has 0 spiro atoms. The summed E-state index contributed by atoms with van der Waals surface area (Å²) in [5.74, 6) is -0.776. The monoisotopic (exact) mass is 283 g/mol. The summed E-state index contributed by atoms with van der Waals surface area (Å²) < 4.78 is 0. The van der Waals surface area contributed by atoms with E-state index < -0.39 is 5.97 Å². The Bertz CT molecular complexity index is 363. The van der Waals surface area contributed by atoms with Crippen molar-refractivity contribution in [2.45, 2.75) is 20.3 Å². The minimum absolute atomic E-state index is 0.0494. The highest BCUT2D eigenvalue weighted by atomic mass is 16.4. The number of carbonyl (C=O) groups is 2. The number of carboxylic acids is 1. The minimum atomic E-state index is -0.776. The molecule has 114 valence electrons. The van der Waals surface area contributed by atoms with Gasteiger partial charge in [-0.3, -0.25) is 9.69 Å². The molecule has 0 aromatic heterocycles. The molecule has 1 N–H and O–H groups in total. The van der Waals surface area contributed by atoms with Crippen LogP contribution in [0.3, 0.4) is 0 Å². The second-order valence-corrected chi connectivity index (χ2v) is 5.23. The van der Waals surface area contributed by atoms with Crippen LogP contribution in [0.4, 0.5) is 4.79 Å². The third-order valence-corrected chi connectivity index (χ3v) is 3.40. The molecular weight excluding hydrogens is 258 g/mol. The number of amides is 2. The van der Waals surface area contributed by atoms with Crippen LogP contribution in [-0.4, -0.2) is 77.6 Å². The van der Waals surface area contributed by atoms with E-state index in [1.54, 1.807) is 4.90 Å². The second kappa shape index (κ2) is 7.89. The van der Waals surface area contributed by atoms with Crippen molar-refractivity contribution < 1.29 is 14.7 Å².